The molecule has 1 fully saturated rings. The van der Waals surface area contributed by atoms with E-state index < -0.39 is 11.7 Å². The third-order valence-electron chi connectivity index (χ3n) is 6.73. The number of alkyl halides is 3. The van der Waals surface area contributed by atoms with Gasteiger partial charge < -0.3 is 14.2 Å². The molecule has 0 spiro atoms. The molecular weight excluding hydrogens is 485 g/mol. The van der Waals surface area contributed by atoms with E-state index in [1.807, 2.05) is 13.1 Å². The summed E-state index contributed by atoms with van der Waals surface area (Å²) in [5, 5.41) is 9.44. The molecular formula is C26H29F3N6O2. The molecule has 1 aromatic carbocycles. The van der Waals surface area contributed by atoms with Gasteiger partial charge in [-0.15, -0.1) is 0 Å². The number of halogens is 3. The molecule has 1 aliphatic heterocycles. The number of piperidine rings is 1. The second-order valence-electron chi connectivity index (χ2n) is 9.35. The molecule has 8 nitrogen and oxygen atoms in total. The Bertz CT molecular complexity index is 1330. The summed E-state index contributed by atoms with van der Waals surface area (Å²) in [6.45, 7) is 1.29. The van der Waals surface area contributed by atoms with Crippen LogP contribution in [0.3, 0.4) is 0 Å². The summed E-state index contributed by atoms with van der Waals surface area (Å²) in [6, 6.07) is 7.16. The van der Waals surface area contributed by atoms with Crippen molar-refractivity contribution >= 4 is 16.9 Å². The highest BCUT2D eigenvalue weighted by Crippen LogP contribution is 2.39. The summed E-state index contributed by atoms with van der Waals surface area (Å²) in [5.74, 6) is -0.267. The number of rotatable bonds is 7. The summed E-state index contributed by atoms with van der Waals surface area (Å²) in [5.41, 5.74) is 0.541. The first-order valence-electron chi connectivity index (χ1n) is 12.1. The Kier molecular flexibility index (Phi) is 7.68. The number of likely N-dealkylation sites (tertiary alicyclic amines) is 1. The van der Waals surface area contributed by atoms with Crippen molar-refractivity contribution in [2.75, 3.05) is 33.8 Å². The molecule has 0 radical (unpaired) electrons. The molecule has 11 heteroatoms. The highest BCUT2D eigenvalue weighted by molar-refractivity contribution is 5.84. The average Bonchev–Trinajstić information content (AvgIpc) is 3.25. The predicted molar refractivity (Wildman–Crippen MR) is 132 cm³/mol. The summed E-state index contributed by atoms with van der Waals surface area (Å²) < 4.78 is 49.0. The van der Waals surface area contributed by atoms with Crippen LogP contribution in [0.4, 0.5) is 13.2 Å². The molecule has 2 aromatic heterocycles. The lowest BCUT2D eigenvalue weighted by Crippen LogP contribution is -2.48. The van der Waals surface area contributed by atoms with E-state index in [9.17, 15) is 23.2 Å². The van der Waals surface area contributed by atoms with Crippen LogP contribution in [-0.4, -0.2) is 70.1 Å². The smallest absolute Gasteiger partial charge is 0.419 e. The van der Waals surface area contributed by atoms with E-state index in [-0.39, 0.29) is 41.3 Å². The molecule has 1 amide bonds. The summed E-state index contributed by atoms with van der Waals surface area (Å²) in [4.78, 5) is 24.8. The van der Waals surface area contributed by atoms with Gasteiger partial charge in [-0.3, -0.25) is 9.69 Å². The zero-order chi connectivity index (χ0) is 26.7. The van der Waals surface area contributed by atoms with Crippen LogP contribution in [0.15, 0.2) is 30.6 Å². The number of amides is 1. The Labute approximate surface area is 213 Å². The lowest BCUT2D eigenvalue weighted by atomic mass is 10.0. The van der Waals surface area contributed by atoms with Gasteiger partial charge in [-0.05, 0) is 57.1 Å². The highest BCUT2D eigenvalue weighted by atomic mass is 19.4. The average molecular weight is 515 g/mol. The fourth-order valence-electron chi connectivity index (χ4n) is 4.63. The van der Waals surface area contributed by atoms with Crippen LogP contribution >= 0.6 is 0 Å². The maximum Gasteiger partial charge on any atom is 0.419 e. The monoisotopic (exact) mass is 514 g/mol. The third-order valence-corrected chi connectivity index (χ3v) is 6.73. The minimum atomic E-state index is -4.65. The van der Waals surface area contributed by atoms with E-state index in [0.29, 0.717) is 24.0 Å². The number of benzene rings is 1. The van der Waals surface area contributed by atoms with Gasteiger partial charge in [0.1, 0.15) is 17.3 Å². The number of likely N-dealkylation sites (N-methyl/N-ethyl adjacent to an activating group) is 2. The summed E-state index contributed by atoms with van der Waals surface area (Å²) in [7, 11) is 5.38. The molecule has 37 heavy (non-hydrogen) atoms. The minimum absolute atomic E-state index is 0.0252. The number of fused-ring (bicyclic) bond motifs is 1. The van der Waals surface area contributed by atoms with Gasteiger partial charge in [-0.25, -0.2) is 9.97 Å². The second-order valence-corrected chi connectivity index (χ2v) is 9.35. The third kappa shape index (κ3) is 5.69. The number of imidazole rings is 1. The first kappa shape index (κ1) is 26.4. The van der Waals surface area contributed by atoms with E-state index in [0.717, 1.165) is 31.9 Å². The Hall–Kier alpha value is -3.65. The molecule has 3 heterocycles. The molecule has 3 aromatic rings. The molecule has 4 rings (SSSR count). The van der Waals surface area contributed by atoms with E-state index in [1.165, 1.54) is 18.5 Å². The molecule has 0 bridgehead atoms. The van der Waals surface area contributed by atoms with Crippen molar-refractivity contribution in [3.63, 3.8) is 0 Å². The Morgan fingerprint density at radius 3 is 2.76 bits per heavy atom. The normalized spacial score (nSPS) is 16.5. The highest BCUT2D eigenvalue weighted by Gasteiger charge is 2.35. The van der Waals surface area contributed by atoms with Gasteiger partial charge in [0.2, 0.25) is 5.91 Å². The van der Waals surface area contributed by atoms with Crippen LogP contribution in [0, 0.1) is 11.3 Å². The second kappa shape index (κ2) is 10.8. The number of nitrogens with zero attached hydrogens (tertiary/aromatic N) is 6. The number of hydrogen-bond donors (Lipinski definition) is 0. The van der Waals surface area contributed by atoms with Crippen molar-refractivity contribution in [3.05, 3.63) is 41.9 Å². The van der Waals surface area contributed by atoms with Crippen molar-refractivity contribution in [1.29, 1.82) is 5.26 Å². The number of hydrogen-bond acceptors (Lipinski definition) is 6. The van der Waals surface area contributed by atoms with Gasteiger partial charge in [-0.2, -0.15) is 18.4 Å². The van der Waals surface area contributed by atoms with Crippen LogP contribution in [0.25, 0.3) is 22.3 Å². The minimum Gasteiger partial charge on any atom is -0.493 e. The topological polar surface area (TPSA) is 87.3 Å². The van der Waals surface area contributed by atoms with Gasteiger partial charge in [-0.1, -0.05) is 6.42 Å². The van der Waals surface area contributed by atoms with Crippen molar-refractivity contribution in [3.8, 4) is 23.1 Å². The zero-order valence-corrected chi connectivity index (χ0v) is 21.0. The number of carbonyl (C=O) groups excluding carboxylic acids is 1. The summed E-state index contributed by atoms with van der Waals surface area (Å²) >= 11 is 0. The van der Waals surface area contributed by atoms with Gasteiger partial charge >= 0.3 is 6.18 Å². The van der Waals surface area contributed by atoms with Crippen LogP contribution in [0.1, 0.15) is 36.9 Å². The summed E-state index contributed by atoms with van der Waals surface area (Å²) in [6.07, 6.45) is 0.159. The molecule has 1 saturated heterocycles. The Morgan fingerprint density at radius 1 is 1.27 bits per heavy atom. The molecule has 0 N–H and O–H groups in total. The number of pyridine rings is 1. The van der Waals surface area contributed by atoms with E-state index in [2.05, 4.69) is 14.9 Å². The first-order chi connectivity index (χ1) is 17.6. The quantitative estimate of drug-likeness (QED) is 0.439. The van der Waals surface area contributed by atoms with Crippen LogP contribution in [0.5, 0.6) is 5.75 Å². The lowest BCUT2D eigenvalue weighted by Gasteiger charge is -2.34. The lowest BCUT2D eigenvalue weighted by molar-refractivity contribution is -0.138. The van der Waals surface area contributed by atoms with E-state index in [1.54, 1.807) is 29.6 Å². The molecule has 1 unspecified atom stereocenters. The van der Waals surface area contributed by atoms with Crippen molar-refractivity contribution in [2.45, 2.75) is 37.9 Å². The largest absolute Gasteiger partial charge is 0.493 e. The zero-order valence-electron chi connectivity index (χ0n) is 21.0. The number of ether oxygens (including phenoxy) is 1. The van der Waals surface area contributed by atoms with Gasteiger partial charge in [0.25, 0.3) is 0 Å². The molecule has 0 saturated carbocycles. The molecule has 1 aliphatic rings. The van der Waals surface area contributed by atoms with Crippen molar-refractivity contribution < 1.29 is 22.7 Å². The van der Waals surface area contributed by atoms with Crippen LogP contribution < -0.4 is 4.74 Å². The Morgan fingerprint density at radius 2 is 2.05 bits per heavy atom. The van der Waals surface area contributed by atoms with Gasteiger partial charge in [0, 0.05) is 26.2 Å². The SMILES string of the molecule is CN(CCCOc1ccc(-c2cc3c(ncn3C)c(C#N)n2)cc1C(F)(F)F)C(=O)C1CCCCN1C. The first-order valence-corrected chi connectivity index (χ1v) is 12.1. The standard InChI is InChI=1S/C26H29F3N6O2/c1-33-10-5-4-7-21(33)25(36)34(2)11-6-12-37-23-9-8-17(13-18(23)26(27,28)29)19-14-22-24(20(15-30)32-19)31-16-35(22)3/h8-9,13-14,16,21H,4-7,10-12H2,1-3H3. The van der Waals surface area contributed by atoms with Gasteiger partial charge in [0.05, 0.1) is 35.8 Å². The number of aromatic nitrogens is 3. The Balaban J connectivity index is 1.47. The van der Waals surface area contributed by atoms with Crippen LogP contribution in [-0.2, 0) is 18.0 Å². The number of carbonyl (C=O) groups is 1. The van der Waals surface area contributed by atoms with Crippen molar-refractivity contribution in [1.82, 2.24) is 24.3 Å². The van der Waals surface area contributed by atoms with Crippen LogP contribution in [0.2, 0.25) is 0 Å². The fraction of sp³-hybridized carbons (Fsp3) is 0.462. The van der Waals surface area contributed by atoms with Gasteiger partial charge in [0.15, 0.2) is 5.69 Å². The molecule has 196 valence electrons. The fourth-order valence-corrected chi connectivity index (χ4v) is 4.63. The maximum atomic E-state index is 13.9. The predicted octanol–water partition coefficient (Wildman–Crippen LogP) is 4.24. The molecule has 1 atom stereocenters. The molecule has 0 aliphatic carbocycles. The van der Waals surface area contributed by atoms with E-state index >= 15 is 0 Å². The maximum absolute atomic E-state index is 13.9. The number of nitriles is 1. The van der Waals surface area contributed by atoms with Crippen molar-refractivity contribution in [2.24, 2.45) is 7.05 Å². The number of aryl methyl sites for hydroxylation is 1. The van der Waals surface area contributed by atoms with E-state index in [4.69, 9.17) is 4.74 Å².